The molecule has 0 radical (unpaired) electrons. The number of rotatable bonds is 5. The minimum atomic E-state index is -0.228. The quantitative estimate of drug-likeness (QED) is 0.829. The molecule has 0 unspecified atom stereocenters. The van der Waals surface area contributed by atoms with E-state index in [0.29, 0.717) is 18.2 Å². The summed E-state index contributed by atoms with van der Waals surface area (Å²) in [5.41, 5.74) is 5.80. The fourth-order valence-electron chi connectivity index (χ4n) is 2.70. The van der Waals surface area contributed by atoms with Crippen molar-refractivity contribution in [3.05, 3.63) is 11.8 Å². The molecule has 1 aliphatic rings. The second-order valence-electron chi connectivity index (χ2n) is 5.14. The molecule has 1 saturated heterocycles. The summed E-state index contributed by atoms with van der Waals surface area (Å²) in [5, 5.41) is 2.95. The Balaban J connectivity index is 1.98. The molecule has 2 rings (SSSR count). The predicted octanol–water partition coefficient (Wildman–Crippen LogP) is 0.672. The average Bonchev–Trinajstić information content (AvgIpc) is 2.52. The van der Waals surface area contributed by atoms with Crippen molar-refractivity contribution < 1.29 is 9.53 Å². The molecule has 1 atom stereocenters. The molecule has 7 nitrogen and oxygen atoms in total. The van der Waals surface area contributed by atoms with Crippen molar-refractivity contribution in [2.24, 2.45) is 0 Å². The highest BCUT2D eigenvalue weighted by Crippen LogP contribution is 2.17. The van der Waals surface area contributed by atoms with Gasteiger partial charge in [0.15, 0.2) is 0 Å². The minimum Gasteiger partial charge on any atom is -0.480 e. The number of carbonyl (C=O) groups is 1. The summed E-state index contributed by atoms with van der Waals surface area (Å²) < 4.78 is 5.08. The van der Waals surface area contributed by atoms with Crippen molar-refractivity contribution in [1.29, 1.82) is 0 Å². The zero-order valence-corrected chi connectivity index (χ0v) is 12.6. The third kappa shape index (κ3) is 3.81. The van der Waals surface area contributed by atoms with Gasteiger partial charge in [0.1, 0.15) is 5.56 Å². The Morgan fingerprint density at radius 3 is 3.10 bits per heavy atom. The number of ether oxygens (including phenoxy) is 1. The van der Waals surface area contributed by atoms with Gasteiger partial charge in [-0.2, -0.15) is 4.98 Å². The number of piperidine rings is 1. The van der Waals surface area contributed by atoms with Gasteiger partial charge in [-0.1, -0.05) is 13.3 Å². The van der Waals surface area contributed by atoms with E-state index in [2.05, 4.69) is 27.1 Å². The summed E-state index contributed by atoms with van der Waals surface area (Å²) in [6.45, 7) is 4.89. The Bertz CT molecular complexity index is 494. The molecular weight excluding hydrogens is 270 g/mol. The molecule has 1 fully saturated rings. The summed E-state index contributed by atoms with van der Waals surface area (Å²) in [7, 11) is 1.46. The summed E-state index contributed by atoms with van der Waals surface area (Å²) in [6, 6.07) is 0.397. The van der Waals surface area contributed by atoms with E-state index >= 15 is 0 Å². The molecule has 2 heterocycles. The summed E-state index contributed by atoms with van der Waals surface area (Å²) in [4.78, 5) is 22.4. The average molecular weight is 293 g/mol. The van der Waals surface area contributed by atoms with Crippen LogP contribution in [-0.2, 0) is 0 Å². The Kier molecular flexibility index (Phi) is 5.32. The molecule has 0 aromatic carbocycles. The van der Waals surface area contributed by atoms with Crippen molar-refractivity contribution >= 4 is 11.9 Å². The van der Waals surface area contributed by atoms with E-state index in [0.717, 1.165) is 19.5 Å². The highest BCUT2D eigenvalue weighted by Gasteiger charge is 2.22. The van der Waals surface area contributed by atoms with Gasteiger partial charge in [-0.15, -0.1) is 0 Å². The Morgan fingerprint density at radius 2 is 2.38 bits per heavy atom. The summed E-state index contributed by atoms with van der Waals surface area (Å²) in [5.74, 6) is 0.0670. The van der Waals surface area contributed by atoms with Gasteiger partial charge in [-0.3, -0.25) is 9.69 Å². The van der Waals surface area contributed by atoms with Crippen LogP contribution in [0.25, 0.3) is 0 Å². The van der Waals surface area contributed by atoms with E-state index in [1.165, 1.54) is 26.1 Å². The van der Waals surface area contributed by atoms with Gasteiger partial charge in [0.05, 0.1) is 7.11 Å². The molecule has 0 aliphatic carbocycles. The number of nitrogens with zero attached hydrogens (tertiary/aromatic N) is 3. The van der Waals surface area contributed by atoms with Gasteiger partial charge in [0.25, 0.3) is 5.91 Å². The molecule has 0 bridgehead atoms. The molecule has 1 aliphatic heterocycles. The normalized spacial score (nSPS) is 19.2. The molecule has 0 saturated carbocycles. The molecule has 116 valence electrons. The number of hydrogen-bond acceptors (Lipinski definition) is 6. The number of methoxy groups -OCH3 is 1. The van der Waals surface area contributed by atoms with Gasteiger partial charge in [0, 0.05) is 18.8 Å². The zero-order valence-electron chi connectivity index (χ0n) is 12.6. The van der Waals surface area contributed by atoms with Crippen LogP contribution in [0.5, 0.6) is 5.88 Å². The number of nitrogen functional groups attached to an aromatic ring is 1. The van der Waals surface area contributed by atoms with E-state index in [4.69, 9.17) is 10.5 Å². The fraction of sp³-hybridized carbons (Fsp3) is 0.643. The molecule has 3 N–H and O–H groups in total. The number of likely N-dealkylation sites (tertiary alicyclic amines) is 1. The lowest BCUT2D eigenvalue weighted by atomic mass is 10.0. The topological polar surface area (TPSA) is 93.4 Å². The van der Waals surface area contributed by atoms with Crippen LogP contribution in [0.3, 0.4) is 0 Å². The number of nitrogens with two attached hydrogens (primary N) is 1. The van der Waals surface area contributed by atoms with Crippen LogP contribution in [0, 0.1) is 0 Å². The summed E-state index contributed by atoms with van der Waals surface area (Å²) >= 11 is 0. The lowest BCUT2D eigenvalue weighted by Crippen LogP contribution is -2.46. The van der Waals surface area contributed by atoms with E-state index < -0.39 is 0 Å². The second-order valence-corrected chi connectivity index (χ2v) is 5.14. The lowest BCUT2D eigenvalue weighted by Gasteiger charge is -2.34. The number of anilines is 1. The van der Waals surface area contributed by atoms with Crippen molar-refractivity contribution in [3.8, 4) is 5.88 Å². The van der Waals surface area contributed by atoms with Crippen molar-refractivity contribution in [3.63, 3.8) is 0 Å². The zero-order chi connectivity index (χ0) is 15.2. The van der Waals surface area contributed by atoms with Crippen LogP contribution in [0.1, 0.15) is 36.5 Å². The van der Waals surface area contributed by atoms with Gasteiger partial charge >= 0.3 is 0 Å². The SMILES string of the molecule is CCN1CCCC[C@@H]1CNC(=O)c1cnc(N)nc1OC. The fourth-order valence-corrected chi connectivity index (χ4v) is 2.70. The molecule has 0 spiro atoms. The van der Waals surface area contributed by atoms with Crippen LogP contribution in [0.2, 0.25) is 0 Å². The van der Waals surface area contributed by atoms with Gasteiger partial charge in [0.2, 0.25) is 11.8 Å². The highest BCUT2D eigenvalue weighted by atomic mass is 16.5. The Labute approximate surface area is 124 Å². The maximum absolute atomic E-state index is 12.2. The molecular formula is C14H23N5O2. The molecule has 1 aromatic heterocycles. The third-order valence-corrected chi connectivity index (χ3v) is 3.86. The van der Waals surface area contributed by atoms with Crippen LogP contribution < -0.4 is 15.8 Å². The van der Waals surface area contributed by atoms with Crippen molar-refractivity contribution in [2.45, 2.75) is 32.2 Å². The first kappa shape index (κ1) is 15.5. The van der Waals surface area contributed by atoms with Crippen molar-refractivity contribution in [2.75, 3.05) is 32.5 Å². The lowest BCUT2D eigenvalue weighted by molar-refractivity contribution is 0.0914. The number of nitrogens with one attached hydrogen (secondary N) is 1. The minimum absolute atomic E-state index is 0.0906. The number of likely N-dealkylation sites (N-methyl/N-ethyl adjacent to an activating group) is 1. The first-order valence-electron chi connectivity index (χ1n) is 7.34. The van der Waals surface area contributed by atoms with Crippen LogP contribution >= 0.6 is 0 Å². The standard InChI is InChI=1S/C14H23N5O2/c1-3-19-7-5-4-6-10(19)8-16-12(20)11-9-17-14(15)18-13(11)21-2/h9-10H,3-8H2,1-2H3,(H,16,20)(H2,15,17,18)/t10-/m1/s1. The first-order valence-corrected chi connectivity index (χ1v) is 7.34. The number of hydrogen-bond donors (Lipinski definition) is 2. The Hall–Kier alpha value is -1.89. The summed E-state index contributed by atoms with van der Waals surface area (Å²) in [6.07, 6.45) is 4.96. The number of aromatic nitrogens is 2. The maximum Gasteiger partial charge on any atom is 0.258 e. The maximum atomic E-state index is 12.2. The van der Waals surface area contributed by atoms with Crippen LogP contribution in [0.15, 0.2) is 6.20 Å². The van der Waals surface area contributed by atoms with Gasteiger partial charge in [-0.05, 0) is 25.9 Å². The van der Waals surface area contributed by atoms with E-state index in [9.17, 15) is 4.79 Å². The Morgan fingerprint density at radius 1 is 1.57 bits per heavy atom. The van der Waals surface area contributed by atoms with Gasteiger partial charge in [-0.25, -0.2) is 4.98 Å². The van der Waals surface area contributed by atoms with Gasteiger partial charge < -0.3 is 15.8 Å². The molecule has 21 heavy (non-hydrogen) atoms. The largest absolute Gasteiger partial charge is 0.480 e. The monoisotopic (exact) mass is 293 g/mol. The van der Waals surface area contributed by atoms with Crippen molar-refractivity contribution in [1.82, 2.24) is 20.2 Å². The number of carbonyl (C=O) groups excluding carboxylic acids is 1. The second kappa shape index (κ2) is 7.21. The van der Waals surface area contributed by atoms with Crippen LogP contribution in [0.4, 0.5) is 5.95 Å². The van der Waals surface area contributed by atoms with E-state index in [-0.39, 0.29) is 17.7 Å². The number of amides is 1. The smallest absolute Gasteiger partial charge is 0.258 e. The van der Waals surface area contributed by atoms with Crippen LogP contribution in [-0.4, -0.2) is 53.6 Å². The van der Waals surface area contributed by atoms with E-state index in [1.807, 2.05) is 0 Å². The van der Waals surface area contributed by atoms with E-state index in [1.54, 1.807) is 0 Å². The highest BCUT2D eigenvalue weighted by molar-refractivity contribution is 5.96. The molecule has 1 amide bonds. The predicted molar refractivity (Wildman–Crippen MR) is 80.2 cm³/mol. The first-order chi connectivity index (χ1) is 10.2. The molecule has 1 aromatic rings. The molecule has 7 heteroatoms. The third-order valence-electron chi connectivity index (χ3n) is 3.86.